The van der Waals surface area contributed by atoms with Gasteiger partial charge in [-0.2, -0.15) is 5.10 Å². The first-order chi connectivity index (χ1) is 12.7. The van der Waals surface area contributed by atoms with E-state index >= 15 is 0 Å². The molecule has 1 unspecified atom stereocenters. The minimum Gasteiger partial charge on any atom is -0.372 e. The van der Waals surface area contributed by atoms with E-state index in [1.165, 1.54) is 16.7 Å². The zero-order valence-electron chi connectivity index (χ0n) is 15.9. The van der Waals surface area contributed by atoms with Crippen molar-refractivity contribution in [1.29, 1.82) is 0 Å². The highest BCUT2D eigenvalue weighted by atomic mass is 19.1. The molecule has 1 aromatic carbocycles. The highest BCUT2D eigenvalue weighted by molar-refractivity contribution is 5.76. The second-order valence-electron chi connectivity index (χ2n) is 8.00. The predicted molar refractivity (Wildman–Crippen MR) is 97.5 cm³/mol. The molecule has 1 aromatic heterocycles. The Morgan fingerprint density at radius 1 is 1.33 bits per heavy atom. The Hall–Kier alpha value is -2.48. The van der Waals surface area contributed by atoms with Gasteiger partial charge in [-0.25, -0.2) is 13.9 Å². The van der Waals surface area contributed by atoms with E-state index in [1.807, 2.05) is 0 Å². The second-order valence-corrected chi connectivity index (χ2v) is 8.00. The van der Waals surface area contributed by atoms with Crippen molar-refractivity contribution in [2.75, 3.05) is 6.61 Å². The number of hydrogen-bond donors (Lipinski definition) is 1. The van der Waals surface area contributed by atoms with E-state index < -0.39 is 0 Å². The van der Waals surface area contributed by atoms with Crippen LogP contribution in [0.4, 0.5) is 4.39 Å². The summed E-state index contributed by atoms with van der Waals surface area (Å²) in [6.45, 7) is 7.23. The smallest absolute Gasteiger partial charge is 0.346 e. The number of aromatic nitrogens is 3. The van der Waals surface area contributed by atoms with Crippen LogP contribution in [0.15, 0.2) is 29.1 Å². The first-order valence-corrected chi connectivity index (χ1v) is 9.02. The van der Waals surface area contributed by atoms with E-state index in [0.29, 0.717) is 25.4 Å². The molecule has 0 saturated carbocycles. The summed E-state index contributed by atoms with van der Waals surface area (Å²) < 4.78 is 21.2. The number of carbonyl (C=O) groups excluding carboxylic acids is 1. The van der Waals surface area contributed by atoms with E-state index in [-0.39, 0.29) is 42.0 Å². The minimum absolute atomic E-state index is 0.0476. The molecule has 1 aliphatic heterocycles. The van der Waals surface area contributed by atoms with E-state index in [9.17, 15) is 14.0 Å². The molecule has 2 aromatic rings. The Labute approximate surface area is 157 Å². The van der Waals surface area contributed by atoms with Crippen LogP contribution in [-0.4, -0.2) is 26.9 Å². The third-order valence-corrected chi connectivity index (χ3v) is 4.41. The van der Waals surface area contributed by atoms with Gasteiger partial charge in [0.15, 0.2) is 5.82 Å². The number of carbonyl (C=O) groups is 1. The molecule has 146 valence electrons. The van der Waals surface area contributed by atoms with Gasteiger partial charge in [-0.05, 0) is 29.5 Å². The summed E-state index contributed by atoms with van der Waals surface area (Å²) in [6.07, 6.45) is 0.673. The molecular weight excluding hydrogens is 351 g/mol. The van der Waals surface area contributed by atoms with Gasteiger partial charge < -0.3 is 10.1 Å². The van der Waals surface area contributed by atoms with E-state index in [4.69, 9.17) is 4.74 Å². The third-order valence-electron chi connectivity index (χ3n) is 4.41. The van der Waals surface area contributed by atoms with Gasteiger partial charge >= 0.3 is 5.69 Å². The molecule has 0 fully saturated rings. The average molecular weight is 376 g/mol. The van der Waals surface area contributed by atoms with Crippen LogP contribution in [0.3, 0.4) is 0 Å². The summed E-state index contributed by atoms with van der Waals surface area (Å²) in [5, 5.41) is 7.15. The molecule has 7 nitrogen and oxygen atoms in total. The van der Waals surface area contributed by atoms with Gasteiger partial charge in [-0.3, -0.25) is 9.36 Å². The molecule has 27 heavy (non-hydrogen) atoms. The van der Waals surface area contributed by atoms with E-state index in [0.717, 1.165) is 10.2 Å². The van der Waals surface area contributed by atoms with Crippen molar-refractivity contribution in [3.05, 3.63) is 52.0 Å². The maximum Gasteiger partial charge on any atom is 0.346 e. The van der Waals surface area contributed by atoms with Crippen LogP contribution in [0, 0.1) is 11.2 Å². The van der Waals surface area contributed by atoms with Crippen molar-refractivity contribution >= 4 is 5.91 Å². The Morgan fingerprint density at radius 3 is 2.67 bits per heavy atom. The number of rotatable bonds is 5. The second kappa shape index (κ2) is 7.64. The van der Waals surface area contributed by atoms with Crippen LogP contribution in [0.5, 0.6) is 0 Å². The first kappa shape index (κ1) is 19.3. The minimum atomic E-state index is -0.322. The topological polar surface area (TPSA) is 78.2 Å². The summed E-state index contributed by atoms with van der Waals surface area (Å²) in [5.41, 5.74) is 0.468. The zero-order valence-corrected chi connectivity index (χ0v) is 15.9. The molecule has 1 aliphatic rings. The van der Waals surface area contributed by atoms with Crippen molar-refractivity contribution in [3.8, 4) is 0 Å². The van der Waals surface area contributed by atoms with E-state index in [2.05, 4.69) is 31.2 Å². The number of nitrogens with zero attached hydrogens (tertiary/aromatic N) is 3. The van der Waals surface area contributed by atoms with Crippen LogP contribution in [0.25, 0.3) is 0 Å². The maximum absolute atomic E-state index is 13.2. The fourth-order valence-electron chi connectivity index (χ4n) is 3.18. The summed E-state index contributed by atoms with van der Waals surface area (Å²) in [6, 6.07) is 5.82. The SMILES string of the molecule is CC(C)(C)CC(NC(=O)Cn1nc2n(c1=O)CCOC2)c1ccc(F)cc1. The first-order valence-electron chi connectivity index (χ1n) is 9.02. The van der Waals surface area contributed by atoms with Crippen LogP contribution in [0.2, 0.25) is 0 Å². The molecule has 1 amide bonds. The normalized spacial score (nSPS) is 15.3. The Kier molecular flexibility index (Phi) is 5.46. The lowest BCUT2D eigenvalue weighted by Gasteiger charge is -2.27. The highest BCUT2D eigenvalue weighted by Crippen LogP contribution is 2.29. The molecule has 0 aliphatic carbocycles. The summed E-state index contributed by atoms with van der Waals surface area (Å²) >= 11 is 0. The van der Waals surface area contributed by atoms with Gasteiger partial charge in [0.2, 0.25) is 5.91 Å². The standard InChI is InChI=1S/C19H25FN4O3/c1-19(2,3)10-15(13-4-6-14(20)7-5-13)21-17(25)11-24-18(26)23-8-9-27-12-16(23)22-24/h4-7,15H,8-12H2,1-3H3,(H,21,25). The van der Waals surface area contributed by atoms with Gasteiger partial charge in [-0.15, -0.1) is 0 Å². The number of fused-ring (bicyclic) bond motifs is 1. The van der Waals surface area contributed by atoms with Crippen LogP contribution >= 0.6 is 0 Å². The van der Waals surface area contributed by atoms with Gasteiger partial charge in [0.05, 0.1) is 19.2 Å². The largest absolute Gasteiger partial charge is 0.372 e. The lowest BCUT2D eigenvalue weighted by Crippen LogP contribution is -2.37. The highest BCUT2D eigenvalue weighted by Gasteiger charge is 2.24. The molecule has 0 saturated heterocycles. The molecule has 1 N–H and O–H groups in total. The number of nitrogens with one attached hydrogen (secondary N) is 1. The third kappa shape index (κ3) is 4.82. The van der Waals surface area contributed by atoms with Gasteiger partial charge in [0.25, 0.3) is 0 Å². The average Bonchev–Trinajstić information content (AvgIpc) is 2.90. The number of benzene rings is 1. The summed E-state index contributed by atoms with van der Waals surface area (Å²) in [4.78, 5) is 24.9. The molecule has 0 radical (unpaired) electrons. The van der Waals surface area contributed by atoms with Crippen molar-refractivity contribution in [2.45, 2.75) is 52.9 Å². The molecule has 8 heteroatoms. The van der Waals surface area contributed by atoms with Crippen LogP contribution in [0.1, 0.15) is 44.6 Å². The monoisotopic (exact) mass is 376 g/mol. The quantitative estimate of drug-likeness (QED) is 0.866. The van der Waals surface area contributed by atoms with Crippen molar-refractivity contribution < 1.29 is 13.9 Å². The van der Waals surface area contributed by atoms with E-state index in [1.54, 1.807) is 12.1 Å². The van der Waals surface area contributed by atoms with Crippen molar-refractivity contribution in [3.63, 3.8) is 0 Å². The van der Waals surface area contributed by atoms with Crippen LogP contribution < -0.4 is 11.0 Å². The summed E-state index contributed by atoms with van der Waals surface area (Å²) in [5.74, 6) is -0.104. The lowest BCUT2D eigenvalue weighted by molar-refractivity contribution is -0.122. The fraction of sp³-hybridized carbons (Fsp3) is 0.526. The molecule has 1 atom stereocenters. The van der Waals surface area contributed by atoms with Crippen molar-refractivity contribution in [2.24, 2.45) is 5.41 Å². The molecule has 3 rings (SSSR count). The van der Waals surface area contributed by atoms with Gasteiger partial charge in [0, 0.05) is 0 Å². The Morgan fingerprint density at radius 2 is 2.04 bits per heavy atom. The van der Waals surface area contributed by atoms with Gasteiger partial charge in [-0.1, -0.05) is 32.9 Å². The fourth-order valence-corrected chi connectivity index (χ4v) is 3.18. The molecule has 2 heterocycles. The number of ether oxygens (including phenoxy) is 1. The van der Waals surface area contributed by atoms with Crippen LogP contribution in [-0.2, 0) is 29.2 Å². The number of amides is 1. The predicted octanol–water partition coefficient (Wildman–Crippen LogP) is 2.01. The number of hydrogen-bond acceptors (Lipinski definition) is 4. The Bertz CT molecular complexity index is 865. The maximum atomic E-state index is 13.2. The lowest BCUT2D eigenvalue weighted by atomic mass is 9.85. The molecular formula is C19H25FN4O3. The van der Waals surface area contributed by atoms with Crippen molar-refractivity contribution in [1.82, 2.24) is 19.7 Å². The summed E-state index contributed by atoms with van der Waals surface area (Å²) in [7, 11) is 0. The number of halogens is 1. The molecule has 0 bridgehead atoms. The zero-order chi connectivity index (χ0) is 19.6. The van der Waals surface area contributed by atoms with Gasteiger partial charge in [0.1, 0.15) is 19.0 Å². The Balaban J connectivity index is 1.75. The molecule has 0 spiro atoms.